The Labute approximate surface area is 73.0 Å². The zero-order valence-electron chi connectivity index (χ0n) is 4.49. The first-order valence-corrected chi connectivity index (χ1v) is 4.10. The molecule has 0 fully saturated rings. The van der Waals surface area contributed by atoms with Crippen molar-refractivity contribution in [1.82, 2.24) is 0 Å². The minimum Gasteiger partial charge on any atom is -0.759 e. The Morgan fingerprint density at radius 1 is 0.909 bits per heavy atom. The van der Waals surface area contributed by atoms with E-state index in [-0.39, 0.29) is 16.8 Å². The van der Waals surface area contributed by atoms with Crippen molar-refractivity contribution in [2.75, 3.05) is 0 Å². The molecular weight excluding hydrogens is 251 g/mol. The molecular formula is H2CoO8S2. The summed E-state index contributed by atoms with van der Waals surface area (Å²) in [6.07, 6.45) is 0. The standard InChI is InChI=1S/Co.2H2O4S/c;2*1-5(2,3)4/h;2*(H2,1,2,3,4)/q+2;;/p-2. The molecule has 0 rings (SSSR count). The molecule has 0 heterocycles. The van der Waals surface area contributed by atoms with Crippen LogP contribution in [0.5, 0.6) is 0 Å². The van der Waals surface area contributed by atoms with Crippen LogP contribution in [0.4, 0.5) is 0 Å². The van der Waals surface area contributed by atoms with Crippen LogP contribution >= 0.6 is 0 Å². The van der Waals surface area contributed by atoms with Crippen molar-refractivity contribution >= 4 is 20.8 Å². The van der Waals surface area contributed by atoms with E-state index in [1.807, 2.05) is 0 Å². The molecule has 0 aliphatic rings. The fourth-order valence-corrected chi connectivity index (χ4v) is 0. The first-order chi connectivity index (χ1) is 4.00. The van der Waals surface area contributed by atoms with Crippen molar-refractivity contribution in [2.24, 2.45) is 0 Å². The first-order valence-electron chi connectivity index (χ1n) is 1.37. The maximum atomic E-state index is 8.74. The Bertz CT molecular complexity index is 208. The monoisotopic (exact) mass is 253 g/mol. The Morgan fingerprint density at radius 3 is 0.909 bits per heavy atom. The van der Waals surface area contributed by atoms with E-state index in [0.717, 1.165) is 0 Å². The molecule has 1 radical (unpaired) electrons. The summed E-state index contributed by atoms with van der Waals surface area (Å²) in [5.74, 6) is 0. The van der Waals surface area contributed by atoms with Crippen molar-refractivity contribution in [3.05, 3.63) is 0 Å². The van der Waals surface area contributed by atoms with Gasteiger partial charge in [0.1, 0.15) is 0 Å². The Kier molecular flexibility index (Phi) is 9.22. The average Bonchev–Trinajstić information content (AvgIpc) is 1.12. The van der Waals surface area contributed by atoms with Crippen LogP contribution in [-0.4, -0.2) is 35.0 Å². The zero-order valence-corrected chi connectivity index (χ0v) is 7.17. The van der Waals surface area contributed by atoms with Gasteiger partial charge in [0.25, 0.3) is 0 Å². The predicted molar refractivity (Wildman–Crippen MR) is 24.7 cm³/mol. The molecule has 0 saturated carbocycles. The molecule has 0 aliphatic carbocycles. The van der Waals surface area contributed by atoms with Gasteiger partial charge < -0.3 is 9.11 Å². The van der Waals surface area contributed by atoms with Crippen molar-refractivity contribution < 1.29 is 51.8 Å². The minimum absolute atomic E-state index is 0. The van der Waals surface area contributed by atoms with E-state index in [1.54, 1.807) is 0 Å². The third kappa shape index (κ3) is 11500. The van der Waals surface area contributed by atoms with Gasteiger partial charge in [-0.1, -0.05) is 0 Å². The SMILES string of the molecule is O=S(=O)(O)O.O=S(=O)([O-])[O-].[Co+2]. The average molecular weight is 253 g/mol. The molecule has 0 saturated heterocycles. The maximum absolute atomic E-state index is 8.74. The smallest absolute Gasteiger partial charge is 0.759 e. The van der Waals surface area contributed by atoms with Gasteiger partial charge in [-0.25, -0.2) is 0 Å². The third-order valence-electron chi connectivity index (χ3n) is 0. The first kappa shape index (κ1) is 17.4. The summed E-state index contributed by atoms with van der Waals surface area (Å²) in [6, 6.07) is 0. The fourth-order valence-electron chi connectivity index (χ4n) is 0. The maximum Gasteiger partial charge on any atom is 2.00 e. The number of hydrogen-bond donors (Lipinski definition) is 2. The van der Waals surface area contributed by atoms with Crippen LogP contribution in [0, 0.1) is 0 Å². The van der Waals surface area contributed by atoms with Crippen LogP contribution in [-0.2, 0) is 37.6 Å². The summed E-state index contributed by atoms with van der Waals surface area (Å²) in [4.78, 5) is 0. The third-order valence-corrected chi connectivity index (χ3v) is 0. The Morgan fingerprint density at radius 2 is 0.909 bits per heavy atom. The molecule has 0 bridgehead atoms. The molecule has 0 aromatic rings. The molecule has 11 heteroatoms. The molecule has 2 N–H and O–H groups in total. The zero-order chi connectivity index (χ0) is 9.00. The minimum atomic E-state index is -5.17. The Hall–Kier alpha value is 0.246. The summed E-state index contributed by atoms with van der Waals surface area (Å²) < 4.78 is 65.7. The van der Waals surface area contributed by atoms with Gasteiger partial charge in [0.05, 0.1) is 0 Å². The van der Waals surface area contributed by atoms with Gasteiger partial charge in [-0.05, 0) is 0 Å². The van der Waals surface area contributed by atoms with Crippen LogP contribution in [0.15, 0.2) is 0 Å². The summed E-state index contributed by atoms with van der Waals surface area (Å²) in [5, 5.41) is 0. The van der Waals surface area contributed by atoms with Gasteiger partial charge in [0.15, 0.2) is 0 Å². The van der Waals surface area contributed by atoms with E-state index in [9.17, 15) is 0 Å². The van der Waals surface area contributed by atoms with Gasteiger partial charge in [0, 0.05) is 10.4 Å². The van der Waals surface area contributed by atoms with E-state index in [0.29, 0.717) is 0 Å². The normalized spacial score (nSPS) is 10.5. The second-order valence-corrected chi connectivity index (χ2v) is 2.57. The molecule has 0 aliphatic heterocycles. The van der Waals surface area contributed by atoms with Crippen LogP contribution < -0.4 is 0 Å². The van der Waals surface area contributed by atoms with Crippen LogP contribution in [0.1, 0.15) is 0 Å². The largest absolute Gasteiger partial charge is 2.00 e. The topological polar surface area (TPSA) is 155 Å². The van der Waals surface area contributed by atoms with Crippen LogP contribution in [0.25, 0.3) is 0 Å². The van der Waals surface area contributed by atoms with Gasteiger partial charge >= 0.3 is 27.2 Å². The van der Waals surface area contributed by atoms with Crippen molar-refractivity contribution in [3.8, 4) is 0 Å². The molecule has 71 valence electrons. The molecule has 0 unspecified atom stereocenters. The van der Waals surface area contributed by atoms with E-state index in [2.05, 4.69) is 0 Å². The molecule has 0 atom stereocenters. The van der Waals surface area contributed by atoms with E-state index in [4.69, 9.17) is 35.0 Å². The summed E-state index contributed by atoms with van der Waals surface area (Å²) in [5.41, 5.74) is 0. The molecule has 0 amide bonds. The number of hydrogen-bond acceptors (Lipinski definition) is 6. The summed E-state index contributed by atoms with van der Waals surface area (Å²) in [7, 11) is -9.83. The van der Waals surface area contributed by atoms with Crippen LogP contribution in [0.3, 0.4) is 0 Å². The summed E-state index contributed by atoms with van der Waals surface area (Å²) >= 11 is 0. The van der Waals surface area contributed by atoms with E-state index in [1.165, 1.54) is 0 Å². The fraction of sp³-hybridized carbons (Fsp3) is 0. The van der Waals surface area contributed by atoms with Crippen molar-refractivity contribution in [3.63, 3.8) is 0 Å². The van der Waals surface area contributed by atoms with Crippen LogP contribution in [0.2, 0.25) is 0 Å². The van der Waals surface area contributed by atoms with Gasteiger partial charge in [-0.2, -0.15) is 8.42 Å². The van der Waals surface area contributed by atoms with Gasteiger partial charge in [-0.3, -0.25) is 17.5 Å². The second kappa shape index (κ2) is 5.84. The molecule has 0 spiro atoms. The van der Waals surface area contributed by atoms with Crippen molar-refractivity contribution in [1.29, 1.82) is 0 Å². The number of rotatable bonds is 0. The second-order valence-electron chi connectivity index (χ2n) is 0.856. The van der Waals surface area contributed by atoms with Crippen molar-refractivity contribution in [2.45, 2.75) is 0 Å². The molecule has 8 nitrogen and oxygen atoms in total. The van der Waals surface area contributed by atoms with Gasteiger partial charge in [-0.15, -0.1) is 0 Å². The molecule has 0 aromatic heterocycles. The molecule has 0 aromatic carbocycles. The van der Waals surface area contributed by atoms with E-state index < -0.39 is 20.8 Å². The van der Waals surface area contributed by atoms with Gasteiger partial charge in [0.2, 0.25) is 0 Å². The molecule has 11 heavy (non-hydrogen) atoms. The quantitative estimate of drug-likeness (QED) is 0.371. The summed E-state index contributed by atoms with van der Waals surface area (Å²) in [6.45, 7) is 0. The van der Waals surface area contributed by atoms with E-state index >= 15 is 0 Å². The Balaban J connectivity index is -0.000000107. The predicted octanol–water partition coefficient (Wildman–Crippen LogP) is -1.99.